The van der Waals surface area contributed by atoms with Crippen LogP contribution in [0.3, 0.4) is 0 Å². The molecule has 16 heavy (non-hydrogen) atoms. The van der Waals surface area contributed by atoms with E-state index in [1.807, 2.05) is 24.3 Å². The maximum atomic E-state index is 9.77. The molecule has 0 aliphatic carbocycles. The molecule has 0 heterocycles. The summed E-state index contributed by atoms with van der Waals surface area (Å²) in [6, 6.07) is 7.73. The molecule has 0 aliphatic heterocycles. The monoisotopic (exact) mass is 276 g/mol. The third kappa shape index (κ3) is 5.48. The van der Waals surface area contributed by atoms with E-state index in [1.54, 1.807) is 23.5 Å². The largest absolute Gasteiger partial charge is 0.391 e. The molecule has 1 aromatic rings. The van der Waals surface area contributed by atoms with Crippen molar-refractivity contribution >= 4 is 35.1 Å². The van der Waals surface area contributed by atoms with Gasteiger partial charge in [-0.05, 0) is 17.4 Å². The summed E-state index contributed by atoms with van der Waals surface area (Å²) < 4.78 is 0. The van der Waals surface area contributed by atoms with Gasteiger partial charge in [-0.2, -0.15) is 11.8 Å². The average molecular weight is 277 g/mol. The second-order valence-corrected chi connectivity index (χ2v) is 6.86. The Morgan fingerprint density at radius 2 is 1.94 bits per heavy atom. The van der Waals surface area contributed by atoms with Crippen molar-refractivity contribution in [2.75, 3.05) is 11.5 Å². The number of halogens is 1. The van der Waals surface area contributed by atoms with E-state index in [0.717, 1.165) is 15.7 Å². The van der Waals surface area contributed by atoms with E-state index < -0.39 is 0 Å². The molecule has 0 fully saturated rings. The van der Waals surface area contributed by atoms with E-state index in [1.165, 1.54) is 0 Å². The van der Waals surface area contributed by atoms with Crippen molar-refractivity contribution in [3.63, 3.8) is 0 Å². The standard InChI is InChI=1S/C12H17ClOS2/c1-9(2)15-7-10(14)8-16-12-6-4-3-5-11(12)13/h3-6,9-10,14H,7-8H2,1-2H3. The van der Waals surface area contributed by atoms with Crippen molar-refractivity contribution in [3.05, 3.63) is 29.3 Å². The van der Waals surface area contributed by atoms with Crippen LogP contribution in [0, 0.1) is 0 Å². The van der Waals surface area contributed by atoms with Crippen LogP contribution in [0.1, 0.15) is 13.8 Å². The lowest BCUT2D eigenvalue weighted by Crippen LogP contribution is -2.14. The molecule has 1 N–H and O–H groups in total. The molecule has 1 rings (SSSR count). The Hall–Kier alpha value is 0.170. The fourth-order valence-electron chi connectivity index (χ4n) is 1.10. The third-order valence-corrected chi connectivity index (χ3v) is 4.79. The summed E-state index contributed by atoms with van der Waals surface area (Å²) >= 11 is 9.42. The van der Waals surface area contributed by atoms with Gasteiger partial charge in [0.05, 0.1) is 11.1 Å². The number of aliphatic hydroxyl groups is 1. The van der Waals surface area contributed by atoms with Crippen LogP contribution in [-0.2, 0) is 0 Å². The second kappa shape index (κ2) is 7.49. The molecule has 0 bridgehead atoms. The molecular formula is C12H17ClOS2. The zero-order valence-electron chi connectivity index (χ0n) is 9.52. The second-order valence-electron chi connectivity index (χ2n) is 3.78. The van der Waals surface area contributed by atoms with Crippen LogP contribution in [0.2, 0.25) is 5.02 Å². The Morgan fingerprint density at radius 1 is 1.25 bits per heavy atom. The van der Waals surface area contributed by atoms with Crippen molar-refractivity contribution in [2.45, 2.75) is 30.1 Å². The fourth-order valence-corrected chi connectivity index (χ4v) is 3.14. The van der Waals surface area contributed by atoms with Gasteiger partial charge in [0, 0.05) is 16.4 Å². The molecule has 0 spiro atoms. The zero-order chi connectivity index (χ0) is 12.0. The molecule has 1 aromatic carbocycles. The highest BCUT2D eigenvalue weighted by atomic mass is 35.5. The predicted octanol–water partition coefficient (Wildman–Crippen LogP) is 3.93. The van der Waals surface area contributed by atoms with Gasteiger partial charge in [0.15, 0.2) is 0 Å². The molecular weight excluding hydrogens is 260 g/mol. The van der Waals surface area contributed by atoms with Gasteiger partial charge >= 0.3 is 0 Å². The van der Waals surface area contributed by atoms with Crippen molar-refractivity contribution in [2.24, 2.45) is 0 Å². The highest BCUT2D eigenvalue weighted by Gasteiger charge is 2.08. The average Bonchev–Trinajstić information content (AvgIpc) is 2.25. The lowest BCUT2D eigenvalue weighted by Gasteiger charge is -2.12. The molecule has 4 heteroatoms. The molecule has 0 radical (unpaired) electrons. The van der Waals surface area contributed by atoms with Crippen LogP contribution in [0.25, 0.3) is 0 Å². The topological polar surface area (TPSA) is 20.2 Å². The number of aliphatic hydroxyl groups excluding tert-OH is 1. The first-order valence-electron chi connectivity index (χ1n) is 5.26. The molecule has 0 saturated carbocycles. The summed E-state index contributed by atoms with van der Waals surface area (Å²) in [5.74, 6) is 1.48. The van der Waals surface area contributed by atoms with Gasteiger partial charge in [-0.3, -0.25) is 0 Å². The van der Waals surface area contributed by atoms with Gasteiger partial charge in [0.2, 0.25) is 0 Å². The summed E-state index contributed by atoms with van der Waals surface area (Å²) in [6.45, 7) is 4.27. The van der Waals surface area contributed by atoms with E-state index in [0.29, 0.717) is 11.0 Å². The van der Waals surface area contributed by atoms with Gasteiger partial charge in [0.1, 0.15) is 0 Å². The number of hydrogen-bond acceptors (Lipinski definition) is 3. The fraction of sp³-hybridized carbons (Fsp3) is 0.500. The van der Waals surface area contributed by atoms with Crippen molar-refractivity contribution in [1.82, 2.24) is 0 Å². The van der Waals surface area contributed by atoms with Crippen LogP contribution in [0.5, 0.6) is 0 Å². The zero-order valence-corrected chi connectivity index (χ0v) is 11.9. The van der Waals surface area contributed by atoms with Crippen molar-refractivity contribution < 1.29 is 5.11 Å². The molecule has 1 nitrogen and oxygen atoms in total. The Bertz CT molecular complexity index is 318. The Labute approximate surface area is 111 Å². The summed E-state index contributed by atoms with van der Waals surface area (Å²) in [7, 11) is 0. The number of benzene rings is 1. The van der Waals surface area contributed by atoms with Crippen LogP contribution >= 0.6 is 35.1 Å². The maximum Gasteiger partial charge on any atom is 0.0724 e. The third-order valence-electron chi connectivity index (χ3n) is 1.89. The van der Waals surface area contributed by atoms with Gasteiger partial charge in [-0.1, -0.05) is 37.6 Å². The van der Waals surface area contributed by atoms with Gasteiger partial charge in [0.25, 0.3) is 0 Å². The molecule has 0 saturated heterocycles. The molecule has 0 aliphatic rings. The first-order chi connectivity index (χ1) is 7.59. The quantitative estimate of drug-likeness (QED) is 0.795. The van der Waals surface area contributed by atoms with Crippen LogP contribution in [0.4, 0.5) is 0 Å². The van der Waals surface area contributed by atoms with Crippen LogP contribution in [-0.4, -0.2) is 28.0 Å². The minimum atomic E-state index is -0.270. The SMILES string of the molecule is CC(C)SCC(O)CSc1ccccc1Cl. The Kier molecular flexibility index (Phi) is 6.66. The summed E-state index contributed by atoms with van der Waals surface area (Å²) in [6.07, 6.45) is -0.270. The van der Waals surface area contributed by atoms with Gasteiger partial charge < -0.3 is 5.11 Å². The van der Waals surface area contributed by atoms with Gasteiger partial charge in [-0.15, -0.1) is 11.8 Å². The summed E-state index contributed by atoms with van der Waals surface area (Å²) in [4.78, 5) is 1.04. The molecule has 0 amide bonds. The summed E-state index contributed by atoms with van der Waals surface area (Å²) in [5.41, 5.74) is 0. The minimum absolute atomic E-state index is 0.270. The predicted molar refractivity (Wildman–Crippen MR) is 75.8 cm³/mol. The van der Waals surface area contributed by atoms with E-state index >= 15 is 0 Å². The maximum absolute atomic E-state index is 9.77. The molecule has 90 valence electrons. The van der Waals surface area contributed by atoms with Crippen molar-refractivity contribution in [1.29, 1.82) is 0 Å². The summed E-state index contributed by atoms with van der Waals surface area (Å²) in [5, 5.41) is 11.1. The minimum Gasteiger partial charge on any atom is -0.391 e. The van der Waals surface area contributed by atoms with Gasteiger partial charge in [-0.25, -0.2) is 0 Å². The highest BCUT2D eigenvalue weighted by Crippen LogP contribution is 2.27. The van der Waals surface area contributed by atoms with Crippen LogP contribution in [0.15, 0.2) is 29.2 Å². The normalized spacial score (nSPS) is 13.1. The van der Waals surface area contributed by atoms with E-state index in [4.69, 9.17) is 11.6 Å². The van der Waals surface area contributed by atoms with E-state index in [2.05, 4.69) is 13.8 Å². The molecule has 1 atom stereocenters. The Morgan fingerprint density at radius 3 is 2.56 bits per heavy atom. The lowest BCUT2D eigenvalue weighted by atomic mass is 10.4. The first kappa shape index (κ1) is 14.2. The van der Waals surface area contributed by atoms with E-state index in [-0.39, 0.29) is 6.10 Å². The first-order valence-corrected chi connectivity index (χ1v) is 7.68. The van der Waals surface area contributed by atoms with Crippen molar-refractivity contribution in [3.8, 4) is 0 Å². The molecule has 1 unspecified atom stereocenters. The number of thioether (sulfide) groups is 2. The number of hydrogen-bond donors (Lipinski definition) is 1. The lowest BCUT2D eigenvalue weighted by molar-refractivity contribution is 0.225. The van der Waals surface area contributed by atoms with Crippen LogP contribution < -0.4 is 0 Å². The van der Waals surface area contributed by atoms with E-state index in [9.17, 15) is 5.11 Å². The Balaban J connectivity index is 2.31. The smallest absolute Gasteiger partial charge is 0.0724 e. The molecule has 0 aromatic heterocycles. The highest BCUT2D eigenvalue weighted by molar-refractivity contribution is 8.00. The number of rotatable bonds is 6.